The summed E-state index contributed by atoms with van der Waals surface area (Å²) in [5.41, 5.74) is 2.01. The molecular formula is C20H20FN3O5S. The number of ether oxygens (including phenoxy) is 1. The first-order chi connectivity index (χ1) is 14.2. The van der Waals surface area contributed by atoms with Crippen molar-refractivity contribution in [2.75, 3.05) is 12.4 Å². The summed E-state index contributed by atoms with van der Waals surface area (Å²) in [4.78, 5) is 11.3. The van der Waals surface area contributed by atoms with Gasteiger partial charge in [-0.1, -0.05) is 23.4 Å². The average Bonchev–Trinajstić information content (AvgIpc) is 3.06. The summed E-state index contributed by atoms with van der Waals surface area (Å²) in [6, 6.07) is 10.1. The Morgan fingerprint density at radius 1 is 1.20 bits per heavy atom. The van der Waals surface area contributed by atoms with Gasteiger partial charge in [-0.15, -0.1) is 0 Å². The van der Waals surface area contributed by atoms with E-state index in [1.165, 1.54) is 50.4 Å². The quantitative estimate of drug-likeness (QED) is 0.592. The van der Waals surface area contributed by atoms with Crippen molar-refractivity contribution in [1.82, 2.24) is 9.88 Å². The second kappa shape index (κ2) is 8.64. The molecule has 1 amide bonds. The maximum absolute atomic E-state index is 13.1. The van der Waals surface area contributed by atoms with Crippen LogP contribution in [0.2, 0.25) is 0 Å². The van der Waals surface area contributed by atoms with Crippen LogP contribution in [0, 0.1) is 12.7 Å². The Morgan fingerprint density at radius 3 is 2.53 bits per heavy atom. The molecule has 1 aromatic heterocycles. The molecule has 0 aliphatic heterocycles. The molecule has 0 unspecified atom stereocenters. The van der Waals surface area contributed by atoms with Gasteiger partial charge in [-0.3, -0.25) is 10.1 Å². The Morgan fingerprint density at radius 2 is 1.90 bits per heavy atom. The van der Waals surface area contributed by atoms with Gasteiger partial charge < -0.3 is 9.26 Å². The Kier molecular flexibility index (Phi) is 6.18. The number of nitrogens with zero attached hydrogens (tertiary/aromatic N) is 1. The normalized spacial score (nSPS) is 11.3. The predicted octanol–water partition coefficient (Wildman–Crippen LogP) is 3.23. The van der Waals surface area contributed by atoms with Crippen LogP contribution in [-0.4, -0.2) is 26.6 Å². The molecule has 3 rings (SSSR count). The molecule has 30 heavy (non-hydrogen) atoms. The van der Waals surface area contributed by atoms with Gasteiger partial charge in [0.15, 0.2) is 0 Å². The molecule has 158 valence electrons. The minimum atomic E-state index is -3.98. The van der Waals surface area contributed by atoms with Gasteiger partial charge in [0.05, 0.1) is 18.4 Å². The van der Waals surface area contributed by atoms with Gasteiger partial charge in [-0.25, -0.2) is 17.5 Å². The van der Waals surface area contributed by atoms with Crippen LogP contribution in [0.3, 0.4) is 0 Å². The number of carbonyl (C=O) groups excluding carboxylic acids is 1. The number of amides is 1. The highest BCUT2D eigenvalue weighted by Gasteiger charge is 2.23. The molecule has 0 aliphatic carbocycles. The van der Waals surface area contributed by atoms with Crippen LogP contribution < -0.4 is 14.8 Å². The van der Waals surface area contributed by atoms with E-state index in [4.69, 9.17) is 9.26 Å². The SMILES string of the molecule is COc1ccc(-c2c(C)noc2NC(C)=O)cc1S(=O)(=O)NCc1ccc(F)cc1. The van der Waals surface area contributed by atoms with Crippen LogP contribution in [0.5, 0.6) is 5.75 Å². The fourth-order valence-electron chi connectivity index (χ4n) is 2.86. The van der Waals surface area contributed by atoms with Crippen molar-refractivity contribution in [3.63, 3.8) is 0 Å². The number of nitrogens with one attached hydrogen (secondary N) is 2. The average molecular weight is 433 g/mol. The van der Waals surface area contributed by atoms with Crippen molar-refractivity contribution in [1.29, 1.82) is 0 Å². The Labute approximate surface area is 173 Å². The lowest BCUT2D eigenvalue weighted by Crippen LogP contribution is -2.23. The minimum absolute atomic E-state index is 0.0283. The van der Waals surface area contributed by atoms with Crippen LogP contribution in [-0.2, 0) is 21.4 Å². The van der Waals surface area contributed by atoms with Crippen molar-refractivity contribution in [3.8, 4) is 16.9 Å². The van der Waals surface area contributed by atoms with Gasteiger partial charge in [-0.05, 0) is 42.3 Å². The van der Waals surface area contributed by atoms with Gasteiger partial charge in [-0.2, -0.15) is 0 Å². The summed E-state index contributed by atoms with van der Waals surface area (Å²) < 4.78 is 51.8. The second-order valence-corrected chi connectivity index (χ2v) is 8.21. The predicted molar refractivity (Wildman–Crippen MR) is 108 cm³/mol. The van der Waals surface area contributed by atoms with E-state index in [9.17, 15) is 17.6 Å². The van der Waals surface area contributed by atoms with Crippen LogP contribution in [0.15, 0.2) is 51.9 Å². The molecule has 10 heteroatoms. The number of sulfonamides is 1. The third-order valence-electron chi connectivity index (χ3n) is 4.27. The van der Waals surface area contributed by atoms with Crippen molar-refractivity contribution >= 4 is 21.8 Å². The molecular weight excluding hydrogens is 413 g/mol. The summed E-state index contributed by atoms with van der Waals surface area (Å²) in [5, 5.41) is 6.38. The van der Waals surface area contributed by atoms with Gasteiger partial charge in [0.25, 0.3) is 0 Å². The number of hydrogen-bond acceptors (Lipinski definition) is 6. The number of aryl methyl sites for hydroxylation is 1. The van der Waals surface area contributed by atoms with E-state index >= 15 is 0 Å². The zero-order valence-electron chi connectivity index (χ0n) is 16.5. The summed E-state index contributed by atoms with van der Waals surface area (Å²) in [7, 11) is -2.62. The molecule has 0 spiro atoms. The van der Waals surface area contributed by atoms with E-state index in [0.29, 0.717) is 22.4 Å². The summed E-state index contributed by atoms with van der Waals surface area (Å²) >= 11 is 0. The molecule has 3 aromatic rings. The maximum Gasteiger partial charge on any atom is 0.244 e. The molecule has 0 saturated carbocycles. The highest BCUT2D eigenvalue weighted by Crippen LogP contribution is 2.35. The van der Waals surface area contributed by atoms with Crippen LogP contribution in [0.25, 0.3) is 11.1 Å². The van der Waals surface area contributed by atoms with E-state index in [-0.39, 0.29) is 29.0 Å². The van der Waals surface area contributed by atoms with Crippen LogP contribution >= 0.6 is 0 Å². The molecule has 0 aliphatic rings. The fourth-order valence-corrected chi connectivity index (χ4v) is 4.07. The number of methoxy groups -OCH3 is 1. The number of benzene rings is 2. The number of halogens is 1. The van der Waals surface area contributed by atoms with Crippen molar-refractivity contribution in [3.05, 3.63) is 59.5 Å². The molecule has 1 heterocycles. The maximum atomic E-state index is 13.1. The van der Waals surface area contributed by atoms with E-state index in [1.54, 1.807) is 13.0 Å². The molecule has 0 radical (unpaired) electrons. The molecule has 0 saturated heterocycles. The zero-order valence-corrected chi connectivity index (χ0v) is 17.3. The van der Waals surface area contributed by atoms with E-state index in [2.05, 4.69) is 15.2 Å². The lowest BCUT2D eigenvalue weighted by atomic mass is 10.1. The van der Waals surface area contributed by atoms with Gasteiger partial charge >= 0.3 is 0 Å². The monoisotopic (exact) mass is 433 g/mol. The third kappa shape index (κ3) is 4.66. The second-order valence-electron chi connectivity index (χ2n) is 6.47. The van der Waals surface area contributed by atoms with Crippen molar-refractivity contribution < 1.29 is 26.9 Å². The number of rotatable bonds is 7. The topological polar surface area (TPSA) is 111 Å². The number of carbonyl (C=O) groups is 1. The smallest absolute Gasteiger partial charge is 0.244 e. The molecule has 0 atom stereocenters. The summed E-state index contributed by atoms with van der Waals surface area (Å²) in [6.07, 6.45) is 0. The first-order valence-corrected chi connectivity index (χ1v) is 10.4. The highest BCUT2D eigenvalue weighted by atomic mass is 32.2. The highest BCUT2D eigenvalue weighted by molar-refractivity contribution is 7.89. The van der Waals surface area contributed by atoms with E-state index in [0.717, 1.165) is 0 Å². The largest absolute Gasteiger partial charge is 0.495 e. The van der Waals surface area contributed by atoms with E-state index in [1.807, 2.05) is 0 Å². The fraction of sp³-hybridized carbons (Fsp3) is 0.200. The number of anilines is 1. The van der Waals surface area contributed by atoms with Gasteiger partial charge in [0.2, 0.25) is 21.8 Å². The number of hydrogen-bond donors (Lipinski definition) is 2. The van der Waals surface area contributed by atoms with E-state index < -0.39 is 15.8 Å². The number of aromatic nitrogens is 1. The summed E-state index contributed by atoms with van der Waals surface area (Å²) in [5.74, 6) is -0.502. The zero-order chi connectivity index (χ0) is 21.9. The Bertz CT molecular complexity index is 1170. The minimum Gasteiger partial charge on any atom is -0.495 e. The van der Waals surface area contributed by atoms with Crippen LogP contribution in [0.4, 0.5) is 10.3 Å². The molecule has 2 aromatic carbocycles. The Balaban J connectivity index is 1.97. The molecule has 0 fully saturated rings. The lowest BCUT2D eigenvalue weighted by Gasteiger charge is -2.13. The van der Waals surface area contributed by atoms with Crippen molar-refractivity contribution in [2.24, 2.45) is 0 Å². The summed E-state index contributed by atoms with van der Waals surface area (Å²) in [6.45, 7) is 2.97. The standard InChI is InChI=1S/C20H20FN3O5S/c1-12-19(20(29-24-12)23-13(2)25)15-6-9-17(28-3)18(10-15)30(26,27)22-11-14-4-7-16(21)8-5-14/h4-10,22H,11H2,1-3H3,(H,23,25). The first-order valence-electron chi connectivity index (χ1n) is 8.87. The van der Waals surface area contributed by atoms with Gasteiger partial charge in [0.1, 0.15) is 16.5 Å². The molecule has 0 bridgehead atoms. The van der Waals surface area contributed by atoms with Gasteiger partial charge in [0, 0.05) is 13.5 Å². The molecule has 8 nitrogen and oxygen atoms in total. The third-order valence-corrected chi connectivity index (χ3v) is 5.70. The Hall–Kier alpha value is -3.24. The lowest BCUT2D eigenvalue weighted by molar-refractivity contribution is -0.114. The van der Waals surface area contributed by atoms with Crippen LogP contribution in [0.1, 0.15) is 18.2 Å². The molecule has 2 N–H and O–H groups in total. The van der Waals surface area contributed by atoms with Crippen molar-refractivity contribution in [2.45, 2.75) is 25.3 Å². The first kappa shape index (κ1) is 21.5.